The van der Waals surface area contributed by atoms with Crippen molar-refractivity contribution in [2.24, 2.45) is 0 Å². The molecular formula is C15H24O2. The molecule has 0 saturated carbocycles. The van der Waals surface area contributed by atoms with E-state index in [1.165, 1.54) is 6.07 Å². The minimum absolute atomic E-state index is 0.108. The first kappa shape index (κ1) is 13.9. The zero-order valence-corrected chi connectivity index (χ0v) is 12.0. The van der Waals surface area contributed by atoms with Crippen LogP contribution in [0.25, 0.3) is 0 Å². The van der Waals surface area contributed by atoms with Gasteiger partial charge in [-0.05, 0) is 28.9 Å². The second-order valence-electron chi connectivity index (χ2n) is 6.79. The van der Waals surface area contributed by atoms with Crippen LogP contribution >= 0.6 is 0 Å². The predicted octanol–water partition coefficient (Wildman–Crippen LogP) is 4.00. The van der Waals surface area contributed by atoms with Gasteiger partial charge in [0.2, 0.25) is 0 Å². The van der Waals surface area contributed by atoms with E-state index >= 15 is 0 Å². The number of benzene rings is 1. The quantitative estimate of drug-likeness (QED) is 0.714. The maximum Gasteiger partial charge on any atom is 0.123 e. The molecule has 0 fully saturated rings. The van der Waals surface area contributed by atoms with Crippen molar-refractivity contribution in [1.82, 2.24) is 0 Å². The molecule has 0 spiro atoms. The van der Waals surface area contributed by atoms with E-state index in [2.05, 4.69) is 41.5 Å². The third kappa shape index (κ3) is 2.56. The molecule has 0 aliphatic rings. The van der Waals surface area contributed by atoms with Gasteiger partial charge in [0.15, 0.2) is 0 Å². The van der Waals surface area contributed by atoms with Gasteiger partial charge in [-0.3, -0.25) is 0 Å². The second kappa shape index (κ2) is 3.94. The third-order valence-corrected chi connectivity index (χ3v) is 3.04. The first-order valence-corrected chi connectivity index (χ1v) is 6.02. The van der Waals surface area contributed by atoms with Crippen molar-refractivity contribution < 1.29 is 10.2 Å². The Morgan fingerprint density at radius 3 is 1.53 bits per heavy atom. The van der Waals surface area contributed by atoms with Crippen molar-refractivity contribution in [2.75, 3.05) is 0 Å². The fourth-order valence-electron chi connectivity index (χ4n) is 2.45. The average Bonchev–Trinajstić information content (AvgIpc) is 2.06. The zero-order chi connectivity index (χ0) is 13.6. The predicted molar refractivity (Wildman–Crippen MR) is 71.9 cm³/mol. The Bertz CT molecular complexity index is 432. The standard InChI is InChI=1S/C15H24O2/c1-9-10(16)8-11(17)13(15(5,6)7)12(9)14(2,3)4/h8,16-17H,1-7H3. The highest BCUT2D eigenvalue weighted by Crippen LogP contribution is 2.44. The third-order valence-electron chi connectivity index (χ3n) is 3.04. The lowest BCUT2D eigenvalue weighted by molar-refractivity contribution is 0.416. The van der Waals surface area contributed by atoms with Gasteiger partial charge in [0.05, 0.1) is 0 Å². The van der Waals surface area contributed by atoms with Gasteiger partial charge in [0, 0.05) is 11.6 Å². The molecule has 2 heteroatoms. The van der Waals surface area contributed by atoms with E-state index < -0.39 is 0 Å². The van der Waals surface area contributed by atoms with Gasteiger partial charge >= 0.3 is 0 Å². The Kier molecular flexibility index (Phi) is 3.21. The van der Waals surface area contributed by atoms with Crippen molar-refractivity contribution >= 4 is 0 Å². The van der Waals surface area contributed by atoms with Gasteiger partial charge in [-0.2, -0.15) is 0 Å². The van der Waals surface area contributed by atoms with Crippen LogP contribution in [0.15, 0.2) is 6.07 Å². The molecule has 96 valence electrons. The Morgan fingerprint density at radius 2 is 1.18 bits per heavy atom. The maximum absolute atomic E-state index is 10.1. The molecule has 0 saturated heterocycles. The molecule has 0 aromatic heterocycles. The fourth-order valence-corrected chi connectivity index (χ4v) is 2.45. The Labute approximate surface area is 104 Å². The molecule has 0 amide bonds. The van der Waals surface area contributed by atoms with Crippen molar-refractivity contribution in [3.63, 3.8) is 0 Å². The summed E-state index contributed by atoms with van der Waals surface area (Å²) in [7, 11) is 0. The Balaban J connectivity index is 3.76. The van der Waals surface area contributed by atoms with Crippen molar-refractivity contribution in [2.45, 2.75) is 59.3 Å². The molecule has 2 N–H and O–H groups in total. The highest BCUT2D eigenvalue weighted by atomic mass is 16.3. The molecule has 1 rings (SSSR count). The second-order valence-corrected chi connectivity index (χ2v) is 6.79. The van der Waals surface area contributed by atoms with Gasteiger partial charge in [0.25, 0.3) is 0 Å². The van der Waals surface area contributed by atoms with Crippen LogP contribution in [0.3, 0.4) is 0 Å². The molecule has 0 bridgehead atoms. The lowest BCUT2D eigenvalue weighted by atomic mass is 9.72. The molecular weight excluding hydrogens is 212 g/mol. The summed E-state index contributed by atoms with van der Waals surface area (Å²) in [5.41, 5.74) is 2.58. The van der Waals surface area contributed by atoms with E-state index in [0.29, 0.717) is 0 Å². The smallest absolute Gasteiger partial charge is 0.123 e. The highest BCUT2D eigenvalue weighted by molar-refractivity contribution is 5.56. The van der Waals surface area contributed by atoms with Gasteiger partial charge < -0.3 is 10.2 Å². The molecule has 17 heavy (non-hydrogen) atoms. The topological polar surface area (TPSA) is 40.5 Å². The Morgan fingerprint density at radius 1 is 0.765 bits per heavy atom. The van der Waals surface area contributed by atoms with Crippen LogP contribution in [-0.2, 0) is 10.8 Å². The number of phenols is 2. The van der Waals surface area contributed by atoms with Gasteiger partial charge in [-0.15, -0.1) is 0 Å². The molecule has 0 radical (unpaired) electrons. The van der Waals surface area contributed by atoms with Crippen molar-refractivity contribution in [1.29, 1.82) is 0 Å². The Hall–Kier alpha value is -1.18. The van der Waals surface area contributed by atoms with Crippen LogP contribution < -0.4 is 0 Å². The molecule has 1 aromatic carbocycles. The summed E-state index contributed by atoms with van der Waals surface area (Å²) >= 11 is 0. The number of aromatic hydroxyl groups is 2. The first-order valence-electron chi connectivity index (χ1n) is 6.02. The number of hydrogen-bond acceptors (Lipinski definition) is 2. The summed E-state index contributed by atoms with van der Waals surface area (Å²) in [6.45, 7) is 14.4. The zero-order valence-electron chi connectivity index (χ0n) is 12.0. The highest BCUT2D eigenvalue weighted by Gasteiger charge is 2.30. The van der Waals surface area contributed by atoms with E-state index in [9.17, 15) is 10.2 Å². The van der Waals surface area contributed by atoms with Crippen molar-refractivity contribution in [3.8, 4) is 11.5 Å². The van der Waals surface area contributed by atoms with Crippen LogP contribution in [0, 0.1) is 6.92 Å². The fraction of sp³-hybridized carbons (Fsp3) is 0.600. The van der Waals surface area contributed by atoms with E-state index in [1.54, 1.807) is 0 Å². The van der Waals surface area contributed by atoms with E-state index in [4.69, 9.17) is 0 Å². The molecule has 0 unspecified atom stereocenters. The summed E-state index contributed by atoms with van der Waals surface area (Å²) in [4.78, 5) is 0. The molecule has 0 heterocycles. The van der Waals surface area contributed by atoms with Gasteiger partial charge in [-0.25, -0.2) is 0 Å². The van der Waals surface area contributed by atoms with Crippen LogP contribution in [-0.4, -0.2) is 10.2 Å². The molecule has 2 nitrogen and oxygen atoms in total. The maximum atomic E-state index is 10.1. The van der Waals surface area contributed by atoms with Crippen LogP contribution in [0.1, 0.15) is 58.2 Å². The lowest BCUT2D eigenvalue weighted by Gasteiger charge is -2.32. The number of hydrogen-bond donors (Lipinski definition) is 2. The van der Waals surface area contributed by atoms with Gasteiger partial charge in [-0.1, -0.05) is 41.5 Å². The van der Waals surface area contributed by atoms with Crippen molar-refractivity contribution in [3.05, 3.63) is 22.8 Å². The minimum atomic E-state index is -0.148. The molecule has 0 aliphatic carbocycles. The molecule has 0 aliphatic heterocycles. The monoisotopic (exact) mass is 236 g/mol. The van der Waals surface area contributed by atoms with Crippen LogP contribution in [0.4, 0.5) is 0 Å². The summed E-state index contributed by atoms with van der Waals surface area (Å²) in [5.74, 6) is 0.353. The molecule has 1 aromatic rings. The summed E-state index contributed by atoms with van der Waals surface area (Å²) in [6.07, 6.45) is 0. The molecule has 0 atom stereocenters. The van der Waals surface area contributed by atoms with Crippen LogP contribution in [0.5, 0.6) is 11.5 Å². The summed E-state index contributed by atoms with van der Waals surface area (Å²) in [6, 6.07) is 1.45. The summed E-state index contributed by atoms with van der Waals surface area (Å²) in [5, 5.41) is 20.0. The first-order chi connectivity index (χ1) is 7.46. The largest absolute Gasteiger partial charge is 0.508 e. The number of rotatable bonds is 0. The normalized spacial score (nSPS) is 12.9. The van der Waals surface area contributed by atoms with E-state index in [0.717, 1.165) is 16.7 Å². The number of phenolic OH excluding ortho intramolecular Hbond substituents is 2. The minimum Gasteiger partial charge on any atom is -0.508 e. The average molecular weight is 236 g/mol. The SMILES string of the molecule is Cc1c(O)cc(O)c(C(C)(C)C)c1C(C)(C)C. The van der Waals surface area contributed by atoms with E-state index in [-0.39, 0.29) is 22.3 Å². The lowest BCUT2D eigenvalue weighted by Crippen LogP contribution is -2.23. The van der Waals surface area contributed by atoms with Crippen LogP contribution in [0.2, 0.25) is 0 Å². The van der Waals surface area contributed by atoms with Gasteiger partial charge in [0.1, 0.15) is 11.5 Å². The summed E-state index contributed by atoms with van der Waals surface area (Å²) < 4.78 is 0. The van der Waals surface area contributed by atoms with E-state index in [1.807, 2.05) is 6.92 Å².